The maximum absolute atomic E-state index is 11.6. The molecule has 3 aromatic rings. The fraction of sp³-hybridized carbons (Fsp3) is 0.0714. The second kappa shape index (κ2) is 4.65. The lowest BCUT2D eigenvalue weighted by molar-refractivity contribution is 0.0596. The highest BCUT2D eigenvalue weighted by Crippen LogP contribution is 2.26. The number of aromatic amines is 1. The lowest BCUT2D eigenvalue weighted by Crippen LogP contribution is -2.01. The number of aldehydes is 1. The van der Waals surface area contributed by atoms with Gasteiger partial charge in [0.15, 0.2) is 17.7 Å². The van der Waals surface area contributed by atoms with Crippen LogP contribution in [0.2, 0.25) is 0 Å². The standard InChI is InChI=1S/C14H10N2O4/c1-19-14(18)13-10-6-8(2-4-11(10)15-16-13)12-5-3-9(7-17)20-12/h2-7H,1H3,(H,15,16). The van der Waals surface area contributed by atoms with Crippen LogP contribution in [-0.2, 0) is 4.74 Å². The van der Waals surface area contributed by atoms with Crippen molar-refractivity contribution >= 4 is 23.2 Å². The Balaban J connectivity index is 2.13. The first-order chi connectivity index (χ1) is 9.72. The Morgan fingerprint density at radius 3 is 2.90 bits per heavy atom. The summed E-state index contributed by atoms with van der Waals surface area (Å²) in [7, 11) is 1.30. The zero-order chi connectivity index (χ0) is 14.1. The zero-order valence-electron chi connectivity index (χ0n) is 10.5. The number of fused-ring (bicyclic) bond motifs is 1. The number of aromatic nitrogens is 2. The molecule has 0 radical (unpaired) electrons. The Morgan fingerprint density at radius 1 is 1.35 bits per heavy atom. The van der Waals surface area contributed by atoms with Crippen LogP contribution >= 0.6 is 0 Å². The fourth-order valence-corrected chi connectivity index (χ4v) is 1.99. The molecular formula is C14H10N2O4. The molecule has 6 nitrogen and oxygen atoms in total. The number of methoxy groups -OCH3 is 1. The molecule has 100 valence electrons. The second-order valence-corrected chi connectivity index (χ2v) is 4.14. The normalized spacial score (nSPS) is 10.7. The van der Waals surface area contributed by atoms with Crippen molar-refractivity contribution in [2.24, 2.45) is 0 Å². The fourth-order valence-electron chi connectivity index (χ4n) is 1.99. The quantitative estimate of drug-likeness (QED) is 0.583. The number of carbonyl (C=O) groups is 2. The van der Waals surface area contributed by atoms with Crippen LogP contribution in [0, 0.1) is 0 Å². The molecule has 2 aromatic heterocycles. The van der Waals surface area contributed by atoms with Gasteiger partial charge in [0.1, 0.15) is 5.76 Å². The number of nitrogens with zero attached hydrogens (tertiary/aromatic N) is 1. The summed E-state index contributed by atoms with van der Waals surface area (Å²) in [6.07, 6.45) is 0.639. The van der Waals surface area contributed by atoms with Gasteiger partial charge in [0.25, 0.3) is 0 Å². The van der Waals surface area contributed by atoms with Crippen molar-refractivity contribution in [2.45, 2.75) is 0 Å². The predicted octanol–water partition coefficient (Wildman–Crippen LogP) is 2.42. The van der Waals surface area contributed by atoms with E-state index in [4.69, 9.17) is 4.42 Å². The minimum atomic E-state index is -0.513. The van der Waals surface area contributed by atoms with Gasteiger partial charge in [0.05, 0.1) is 12.6 Å². The van der Waals surface area contributed by atoms with Crippen molar-refractivity contribution in [1.82, 2.24) is 10.2 Å². The third-order valence-corrected chi connectivity index (χ3v) is 2.97. The SMILES string of the molecule is COC(=O)c1n[nH]c2ccc(-c3ccc(C=O)o3)cc12. The number of esters is 1. The molecule has 0 saturated heterocycles. The van der Waals surface area contributed by atoms with Crippen LogP contribution in [0.15, 0.2) is 34.7 Å². The van der Waals surface area contributed by atoms with E-state index in [2.05, 4.69) is 14.9 Å². The molecule has 1 aromatic carbocycles. The average molecular weight is 270 g/mol. The predicted molar refractivity (Wildman–Crippen MR) is 70.5 cm³/mol. The first-order valence-corrected chi connectivity index (χ1v) is 5.85. The number of ether oxygens (including phenoxy) is 1. The molecule has 0 amide bonds. The highest BCUT2D eigenvalue weighted by molar-refractivity contribution is 6.02. The summed E-state index contributed by atoms with van der Waals surface area (Å²) in [5.41, 5.74) is 1.68. The Morgan fingerprint density at radius 2 is 2.20 bits per heavy atom. The summed E-state index contributed by atoms with van der Waals surface area (Å²) in [6.45, 7) is 0. The van der Waals surface area contributed by atoms with Gasteiger partial charge in [-0.25, -0.2) is 4.79 Å². The number of furan rings is 1. The molecule has 6 heteroatoms. The van der Waals surface area contributed by atoms with Gasteiger partial charge in [-0.2, -0.15) is 5.10 Å². The van der Waals surface area contributed by atoms with Gasteiger partial charge in [-0.15, -0.1) is 0 Å². The van der Waals surface area contributed by atoms with Crippen molar-refractivity contribution in [3.63, 3.8) is 0 Å². The number of benzene rings is 1. The van der Waals surface area contributed by atoms with Crippen molar-refractivity contribution < 1.29 is 18.7 Å². The Bertz CT molecular complexity index is 800. The lowest BCUT2D eigenvalue weighted by Gasteiger charge is -1.99. The van der Waals surface area contributed by atoms with Gasteiger partial charge in [-0.05, 0) is 30.3 Å². The van der Waals surface area contributed by atoms with Crippen molar-refractivity contribution in [3.8, 4) is 11.3 Å². The van der Waals surface area contributed by atoms with Crippen molar-refractivity contribution in [2.75, 3.05) is 7.11 Å². The van der Waals surface area contributed by atoms with E-state index >= 15 is 0 Å². The van der Waals surface area contributed by atoms with Gasteiger partial charge in [0, 0.05) is 10.9 Å². The van der Waals surface area contributed by atoms with E-state index in [1.165, 1.54) is 7.11 Å². The topological polar surface area (TPSA) is 85.2 Å². The number of H-pyrrole nitrogens is 1. The molecular weight excluding hydrogens is 260 g/mol. The van der Waals surface area contributed by atoms with E-state index in [1.54, 1.807) is 24.3 Å². The molecule has 20 heavy (non-hydrogen) atoms. The Kier molecular flexibility index (Phi) is 2.83. The largest absolute Gasteiger partial charge is 0.464 e. The van der Waals surface area contributed by atoms with E-state index in [0.717, 1.165) is 11.1 Å². The van der Waals surface area contributed by atoms with Gasteiger partial charge >= 0.3 is 5.97 Å². The lowest BCUT2D eigenvalue weighted by atomic mass is 10.1. The number of hydrogen-bond donors (Lipinski definition) is 1. The minimum absolute atomic E-state index is 0.214. The van der Waals surface area contributed by atoms with Crippen LogP contribution < -0.4 is 0 Å². The summed E-state index contributed by atoms with van der Waals surface area (Å²) < 4.78 is 10.0. The third-order valence-electron chi connectivity index (χ3n) is 2.97. The molecule has 0 fully saturated rings. The van der Waals surface area contributed by atoms with Gasteiger partial charge in [0.2, 0.25) is 0 Å². The first-order valence-electron chi connectivity index (χ1n) is 5.85. The number of rotatable bonds is 3. The summed E-state index contributed by atoms with van der Waals surface area (Å²) >= 11 is 0. The molecule has 3 rings (SSSR count). The number of carbonyl (C=O) groups excluding carboxylic acids is 2. The highest BCUT2D eigenvalue weighted by atomic mass is 16.5. The van der Waals surface area contributed by atoms with Gasteiger partial charge < -0.3 is 9.15 Å². The van der Waals surface area contributed by atoms with Crippen molar-refractivity contribution in [3.05, 3.63) is 41.8 Å². The van der Waals surface area contributed by atoms with E-state index in [-0.39, 0.29) is 11.5 Å². The van der Waals surface area contributed by atoms with Gasteiger partial charge in [-0.3, -0.25) is 9.89 Å². The van der Waals surface area contributed by atoms with Crippen LogP contribution in [0.5, 0.6) is 0 Å². The second-order valence-electron chi connectivity index (χ2n) is 4.14. The van der Waals surface area contributed by atoms with Crippen LogP contribution in [0.3, 0.4) is 0 Å². The first kappa shape index (κ1) is 12.2. The summed E-state index contributed by atoms with van der Waals surface area (Å²) in [5, 5.41) is 7.33. The monoisotopic (exact) mass is 270 g/mol. The van der Waals surface area contributed by atoms with E-state index in [1.807, 2.05) is 6.07 Å². The van der Waals surface area contributed by atoms with Crippen LogP contribution in [0.25, 0.3) is 22.2 Å². The molecule has 0 aliphatic carbocycles. The summed E-state index contributed by atoms with van der Waals surface area (Å²) in [5.74, 6) is 0.285. The molecule has 0 aliphatic heterocycles. The minimum Gasteiger partial charge on any atom is -0.464 e. The third kappa shape index (κ3) is 1.87. The number of hydrogen-bond acceptors (Lipinski definition) is 5. The molecule has 1 N–H and O–H groups in total. The van der Waals surface area contributed by atoms with E-state index < -0.39 is 5.97 Å². The molecule has 0 spiro atoms. The van der Waals surface area contributed by atoms with Crippen LogP contribution in [0.1, 0.15) is 21.0 Å². The van der Waals surface area contributed by atoms with E-state index in [9.17, 15) is 9.59 Å². The molecule has 0 atom stereocenters. The summed E-state index contributed by atoms with van der Waals surface area (Å²) in [4.78, 5) is 22.2. The van der Waals surface area contributed by atoms with Crippen molar-refractivity contribution in [1.29, 1.82) is 0 Å². The average Bonchev–Trinajstić information content (AvgIpc) is 3.12. The Hall–Kier alpha value is -2.89. The van der Waals surface area contributed by atoms with E-state index in [0.29, 0.717) is 17.4 Å². The molecule has 2 heterocycles. The molecule has 0 aliphatic rings. The molecule has 0 bridgehead atoms. The smallest absolute Gasteiger partial charge is 0.359 e. The highest BCUT2D eigenvalue weighted by Gasteiger charge is 2.15. The molecule has 0 saturated carbocycles. The molecule has 0 unspecified atom stereocenters. The van der Waals surface area contributed by atoms with Gasteiger partial charge in [-0.1, -0.05) is 0 Å². The number of nitrogens with one attached hydrogen (secondary N) is 1. The van der Waals surface area contributed by atoms with Crippen LogP contribution in [0.4, 0.5) is 0 Å². The maximum Gasteiger partial charge on any atom is 0.359 e. The zero-order valence-corrected chi connectivity index (χ0v) is 10.5. The summed E-state index contributed by atoms with van der Waals surface area (Å²) in [6, 6.07) is 8.65. The maximum atomic E-state index is 11.6. The Labute approximate surface area is 113 Å². The van der Waals surface area contributed by atoms with Crippen LogP contribution in [-0.4, -0.2) is 29.6 Å².